The number of ether oxygens (including phenoxy) is 1. The zero-order valence-corrected chi connectivity index (χ0v) is 14.0. The minimum Gasteiger partial charge on any atom is -0.481 e. The highest BCUT2D eigenvalue weighted by molar-refractivity contribution is 5.78. The van der Waals surface area contributed by atoms with Crippen LogP contribution in [0, 0.1) is 11.8 Å². The number of rotatable bonds is 5. The lowest BCUT2D eigenvalue weighted by molar-refractivity contribution is -0.143. The number of carbonyl (C=O) groups is 1. The lowest BCUT2D eigenvalue weighted by Crippen LogP contribution is -2.32. The summed E-state index contributed by atoms with van der Waals surface area (Å²) < 4.78 is 5.09. The Bertz CT molecular complexity index is 758. The van der Waals surface area contributed by atoms with Gasteiger partial charge in [0.15, 0.2) is 0 Å². The van der Waals surface area contributed by atoms with Crippen molar-refractivity contribution in [1.29, 1.82) is 0 Å². The molecule has 2 aromatic rings. The van der Waals surface area contributed by atoms with Gasteiger partial charge in [0.05, 0.1) is 36.4 Å². The van der Waals surface area contributed by atoms with Gasteiger partial charge in [0.2, 0.25) is 5.88 Å². The summed E-state index contributed by atoms with van der Waals surface area (Å²) >= 11 is 0. The molecular formula is C18H22N2O5. The predicted molar refractivity (Wildman–Crippen MR) is 90.1 cm³/mol. The van der Waals surface area contributed by atoms with Crippen LogP contribution in [-0.4, -0.2) is 44.5 Å². The molecule has 25 heavy (non-hydrogen) atoms. The number of hydrogen-bond donors (Lipinski definition) is 3. The Kier molecular flexibility index (Phi) is 5.15. The summed E-state index contributed by atoms with van der Waals surface area (Å²) in [5.74, 6) is -0.943. The van der Waals surface area contributed by atoms with Crippen LogP contribution in [0.1, 0.15) is 37.4 Å². The number of aromatic nitrogens is 2. The number of carboxylic acids is 1. The molecule has 0 spiro atoms. The molecule has 2 unspecified atom stereocenters. The second-order valence-electron chi connectivity index (χ2n) is 6.51. The summed E-state index contributed by atoms with van der Waals surface area (Å²) in [5.41, 5.74) is 1.60. The van der Waals surface area contributed by atoms with Crippen molar-refractivity contribution in [3.63, 3.8) is 0 Å². The van der Waals surface area contributed by atoms with E-state index in [2.05, 4.69) is 9.97 Å². The maximum Gasteiger partial charge on any atom is 0.306 e. The molecule has 0 saturated heterocycles. The Balaban J connectivity index is 1.82. The molecule has 7 heteroatoms. The first kappa shape index (κ1) is 17.6. The molecule has 0 aliphatic heterocycles. The summed E-state index contributed by atoms with van der Waals surface area (Å²) in [6.45, 7) is 0. The number of fused-ring (bicyclic) bond motifs is 1. The SMILES string of the molecule is COc1cnc2cccc(C(O)C(O)C3CCC(C(=O)O)CC3)c2n1. The van der Waals surface area contributed by atoms with E-state index in [-0.39, 0.29) is 11.8 Å². The lowest BCUT2D eigenvalue weighted by atomic mass is 9.77. The first-order valence-corrected chi connectivity index (χ1v) is 8.40. The largest absolute Gasteiger partial charge is 0.481 e. The number of methoxy groups -OCH3 is 1. The van der Waals surface area contributed by atoms with Gasteiger partial charge in [-0.05, 0) is 37.7 Å². The highest BCUT2D eigenvalue weighted by Gasteiger charge is 2.34. The molecule has 0 bridgehead atoms. The molecular weight excluding hydrogens is 324 g/mol. The molecule has 3 rings (SSSR count). The van der Waals surface area contributed by atoms with Gasteiger partial charge in [-0.1, -0.05) is 12.1 Å². The summed E-state index contributed by atoms with van der Waals surface area (Å²) in [6.07, 6.45) is 1.61. The number of nitrogens with zero attached hydrogens (tertiary/aromatic N) is 2. The molecule has 3 N–H and O–H groups in total. The number of aliphatic hydroxyl groups excluding tert-OH is 2. The molecule has 0 amide bonds. The third kappa shape index (κ3) is 3.57. The number of aliphatic carboxylic acids is 1. The van der Waals surface area contributed by atoms with E-state index in [9.17, 15) is 15.0 Å². The average molecular weight is 346 g/mol. The Morgan fingerprint density at radius 1 is 1.24 bits per heavy atom. The summed E-state index contributed by atoms with van der Waals surface area (Å²) in [5, 5.41) is 30.4. The highest BCUT2D eigenvalue weighted by atomic mass is 16.5. The van der Waals surface area contributed by atoms with Crippen molar-refractivity contribution in [1.82, 2.24) is 9.97 Å². The summed E-state index contributed by atoms with van der Waals surface area (Å²) in [7, 11) is 1.49. The van der Waals surface area contributed by atoms with Gasteiger partial charge >= 0.3 is 5.97 Å². The first-order valence-electron chi connectivity index (χ1n) is 8.40. The molecule has 1 aromatic carbocycles. The van der Waals surface area contributed by atoms with Crippen molar-refractivity contribution in [3.8, 4) is 5.88 Å². The molecule has 1 saturated carbocycles. The fourth-order valence-electron chi connectivity index (χ4n) is 3.52. The zero-order chi connectivity index (χ0) is 18.0. The van der Waals surface area contributed by atoms with Crippen LogP contribution in [0.4, 0.5) is 0 Å². The molecule has 1 fully saturated rings. The molecule has 0 radical (unpaired) electrons. The van der Waals surface area contributed by atoms with Crippen LogP contribution >= 0.6 is 0 Å². The third-order valence-corrected chi connectivity index (χ3v) is 5.04. The number of para-hydroxylation sites is 1. The van der Waals surface area contributed by atoms with Gasteiger partial charge in [0.1, 0.15) is 6.10 Å². The van der Waals surface area contributed by atoms with Gasteiger partial charge in [0, 0.05) is 5.56 Å². The van der Waals surface area contributed by atoms with E-state index in [0.29, 0.717) is 48.2 Å². The monoisotopic (exact) mass is 346 g/mol. The highest BCUT2D eigenvalue weighted by Crippen LogP contribution is 2.36. The Labute approximate surface area is 145 Å². The Morgan fingerprint density at radius 2 is 1.96 bits per heavy atom. The van der Waals surface area contributed by atoms with Gasteiger partial charge in [-0.2, -0.15) is 0 Å². The van der Waals surface area contributed by atoms with Crippen LogP contribution in [0.5, 0.6) is 5.88 Å². The molecule has 1 aromatic heterocycles. The standard InChI is InChI=1S/C18H22N2O5/c1-25-14-9-19-13-4-2-3-12(15(13)20-14)17(22)16(21)10-5-7-11(8-6-10)18(23)24/h2-4,9-11,16-17,21-22H,5-8H2,1H3,(H,23,24). The number of hydrogen-bond acceptors (Lipinski definition) is 6. The van der Waals surface area contributed by atoms with E-state index in [1.54, 1.807) is 18.2 Å². The molecule has 7 nitrogen and oxygen atoms in total. The minimum atomic E-state index is -1.11. The quantitative estimate of drug-likeness (QED) is 0.758. The van der Waals surface area contributed by atoms with E-state index in [0.717, 1.165) is 0 Å². The van der Waals surface area contributed by atoms with Crippen molar-refractivity contribution < 1.29 is 24.9 Å². The summed E-state index contributed by atoms with van der Waals surface area (Å²) in [6, 6.07) is 5.26. The molecule has 1 aliphatic carbocycles. The molecule has 2 atom stereocenters. The number of aliphatic hydroxyl groups is 2. The second kappa shape index (κ2) is 7.33. The van der Waals surface area contributed by atoms with Crippen LogP contribution in [0.25, 0.3) is 11.0 Å². The minimum absolute atomic E-state index is 0.139. The van der Waals surface area contributed by atoms with E-state index in [1.807, 2.05) is 0 Å². The van der Waals surface area contributed by atoms with Crippen molar-refractivity contribution >= 4 is 17.0 Å². The Morgan fingerprint density at radius 3 is 2.60 bits per heavy atom. The van der Waals surface area contributed by atoms with Gasteiger partial charge in [-0.3, -0.25) is 4.79 Å². The molecule has 1 heterocycles. The van der Waals surface area contributed by atoms with Crippen LogP contribution in [0.2, 0.25) is 0 Å². The van der Waals surface area contributed by atoms with Crippen molar-refractivity contribution in [2.45, 2.75) is 37.9 Å². The lowest BCUT2D eigenvalue weighted by Gasteiger charge is -2.32. The maximum absolute atomic E-state index is 11.1. The van der Waals surface area contributed by atoms with Crippen molar-refractivity contribution in [3.05, 3.63) is 30.0 Å². The van der Waals surface area contributed by atoms with Crippen molar-refractivity contribution in [2.75, 3.05) is 7.11 Å². The average Bonchev–Trinajstić information content (AvgIpc) is 2.66. The second-order valence-corrected chi connectivity index (χ2v) is 6.51. The Hall–Kier alpha value is -2.25. The van der Waals surface area contributed by atoms with Crippen LogP contribution in [-0.2, 0) is 4.79 Å². The van der Waals surface area contributed by atoms with Crippen LogP contribution < -0.4 is 4.74 Å². The van der Waals surface area contributed by atoms with Gasteiger partial charge in [0.25, 0.3) is 0 Å². The molecule has 134 valence electrons. The predicted octanol–water partition coefficient (Wildman–Crippen LogP) is 1.92. The van der Waals surface area contributed by atoms with Crippen molar-refractivity contribution in [2.24, 2.45) is 11.8 Å². The zero-order valence-electron chi connectivity index (χ0n) is 14.0. The van der Waals surface area contributed by atoms with E-state index >= 15 is 0 Å². The van der Waals surface area contributed by atoms with Gasteiger partial charge in [-0.25, -0.2) is 9.97 Å². The maximum atomic E-state index is 11.1. The smallest absolute Gasteiger partial charge is 0.306 e. The third-order valence-electron chi connectivity index (χ3n) is 5.04. The van der Waals surface area contributed by atoms with E-state index < -0.39 is 18.2 Å². The summed E-state index contributed by atoms with van der Waals surface area (Å²) in [4.78, 5) is 19.6. The normalized spacial score (nSPS) is 23.2. The fourth-order valence-corrected chi connectivity index (χ4v) is 3.52. The van der Waals surface area contributed by atoms with Crippen LogP contribution in [0.3, 0.4) is 0 Å². The molecule has 1 aliphatic rings. The van der Waals surface area contributed by atoms with E-state index in [4.69, 9.17) is 9.84 Å². The van der Waals surface area contributed by atoms with Crippen LogP contribution in [0.15, 0.2) is 24.4 Å². The van der Waals surface area contributed by atoms with Gasteiger partial charge in [-0.15, -0.1) is 0 Å². The number of benzene rings is 1. The fraction of sp³-hybridized carbons (Fsp3) is 0.500. The first-order chi connectivity index (χ1) is 12.0. The van der Waals surface area contributed by atoms with Gasteiger partial charge < -0.3 is 20.1 Å². The topological polar surface area (TPSA) is 113 Å². The number of carboxylic acid groups (broad SMARTS) is 1. The van der Waals surface area contributed by atoms with E-state index in [1.165, 1.54) is 13.3 Å².